The Hall–Kier alpha value is -2.38. The van der Waals surface area contributed by atoms with Crippen LogP contribution < -0.4 is 10.5 Å². The average Bonchev–Trinajstić information content (AvgIpc) is 2.96. The van der Waals surface area contributed by atoms with Crippen molar-refractivity contribution in [3.8, 4) is 17.7 Å². The van der Waals surface area contributed by atoms with Gasteiger partial charge in [0.25, 0.3) is 0 Å². The second-order valence-electron chi connectivity index (χ2n) is 3.92. The fraction of sp³-hybridized carbons (Fsp3) is 0. The Morgan fingerprint density at radius 3 is 2.67 bits per heavy atom. The summed E-state index contributed by atoms with van der Waals surface area (Å²) in [5.41, 5.74) is 5.65. The topological polar surface area (TPSA) is 91.7 Å². The number of nitrogens with two attached hydrogens (primary N) is 1. The molecule has 3 rings (SSSR count). The van der Waals surface area contributed by atoms with Crippen LogP contribution in [-0.4, -0.2) is 24.5 Å². The molecule has 0 amide bonds. The largest absolute Gasteiger partial charge is 0.424 e. The Morgan fingerprint density at radius 2 is 1.95 bits per heavy atom. The molecule has 7 nitrogen and oxygen atoms in total. The second kappa shape index (κ2) is 5.55. The molecule has 0 aliphatic carbocycles. The maximum atomic E-state index is 5.92. The third-order valence-electron chi connectivity index (χ3n) is 2.46. The molecule has 9 heteroatoms. The zero-order valence-corrected chi connectivity index (χ0v) is 12.0. The van der Waals surface area contributed by atoms with Gasteiger partial charge >= 0.3 is 6.01 Å². The van der Waals surface area contributed by atoms with Crippen molar-refractivity contribution in [3.63, 3.8) is 0 Å². The number of anilines is 1. The molecule has 0 spiro atoms. The van der Waals surface area contributed by atoms with Crippen molar-refractivity contribution in [1.29, 1.82) is 0 Å². The monoisotopic (exact) mass is 322 g/mol. The fourth-order valence-corrected chi connectivity index (χ4v) is 1.83. The van der Waals surface area contributed by atoms with Crippen LogP contribution in [0.5, 0.6) is 11.8 Å². The molecule has 2 heterocycles. The molecule has 0 aliphatic heterocycles. The van der Waals surface area contributed by atoms with Gasteiger partial charge in [-0.25, -0.2) is 4.98 Å². The average molecular weight is 323 g/mol. The summed E-state index contributed by atoms with van der Waals surface area (Å²) in [4.78, 5) is 16.0. The molecule has 0 saturated heterocycles. The Balaban J connectivity index is 1.93. The first-order chi connectivity index (χ1) is 10.1. The van der Waals surface area contributed by atoms with E-state index in [-0.39, 0.29) is 12.0 Å². The number of halogens is 2. The molecular weight excluding hydrogens is 315 g/mol. The molecule has 106 valence electrons. The molecule has 0 atom stereocenters. The number of nitrogens with zero attached hydrogens (tertiary/aromatic N) is 5. The summed E-state index contributed by atoms with van der Waals surface area (Å²) >= 11 is 11.8. The lowest BCUT2D eigenvalue weighted by molar-refractivity contribution is 0.439. The number of nitrogen functional groups attached to an aromatic ring is 1. The first-order valence-electron chi connectivity index (χ1n) is 5.74. The molecule has 0 bridgehead atoms. The number of aromatic nitrogens is 5. The summed E-state index contributed by atoms with van der Waals surface area (Å²) < 4.78 is 7.10. The number of imidazole rings is 1. The molecule has 2 aromatic heterocycles. The van der Waals surface area contributed by atoms with Gasteiger partial charge < -0.3 is 10.5 Å². The Morgan fingerprint density at radius 1 is 1.10 bits per heavy atom. The van der Waals surface area contributed by atoms with Crippen LogP contribution >= 0.6 is 23.2 Å². The molecular formula is C12H8Cl2N6O. The molecule has 0 fully saturated rings. The van der Waals surface area contributed by atoms with Gasteiger partial charge in [0.05, 0.1) is 10.0 Å². The van der Waals surface area contributed by atoms with Crippen LogP contribution in [0.3, 0.4) is 0 Å². The molecule has 0 unspecified atom stereocenters. The third kappa shape index (κ3) is 3.04. The molecule has 0 radical (unpaired) electrons. The van der Waals surface area contributed by atoms with E-state index in [1.165, 1.54) is 6.33 Å². The first kappa shape index (κ1) is 13.6. The van der Waals surface area contributed by atoms with E-state index in [2.05, 4.69) is 19.9 Å². The van der Waals surface area contributed by atoms with E-state index >= 15 is 0 Å². The summed E-state index contributed by atoms with van der Waals surface area (Å²) in [7, 11) is 0. The van der Waals surface area contributed by atoms with Crippen molar-refractivity contribution < 1.29 is 4.74 Å². The van der Waals surface area contributed by atoms with Crippen molar-refractivity contribution in [3.05, 3.63) is 47.0 Å². The van der Waals surface area contributed by atoms with Crippen molar-refractivity contribution in [2.75, 3.05) is 5.73 Å². The Bertz CT molecular complexity index is 777. The van der Waals surface area contributed by atoms with Crippen molar-refractivity contribution in [2.24, 2.45) is 0 Å². The van der Waals surface area contributed by atoms with E-state index in [0.717, 1.165) is 0 Å². The molecule has 1 aromatic carbocycles. The van der Waals surface area contributed by atoms with Gasteiger partial charge in [0.15, 0.2) is 0 Å². The van der Waals surface area contributed by atoms with Crippen LogP contribution in [0.1, 0.15) is 0 Å². The van der Waals surface area contributed by atoms with E-state index in [1.807, 2.05) is 0 Å². The SMILES string of the molecule is Nc1nc(Oc2ccc(Cl)c(Cl)c2)nc(-n2ccnc2)n1. The maximum Gasteiger partial charge on any atom is 0.328 e. The summed E-state index contributed by atoms with van der Waals surface area (Å²) in [6.45, 7) is 0. The van der Waals surface area contributed by atoms with Crippen molar-refractivity contribution >= 4 is 29.2 Å². The van der Waals surface area contributed by atoms with Gasteiger partial charge in [-0.1, -0.05) is 23.2 Å². The molecule has 21 heavy (non-hydrogen) atoms. The van der Waals surface area contributed by atoms with E-state index < -0.39 is 0 Å². The number of benzene rings is 1. The Kier molecular flexibility index (Phi) is 3.59. The van der Waals surface area contributed by atoms with Crippen LogP contribution in [0.2, 0.25) is 10.0 Å². The minimum absolute atomic E-state index is 0.0313. The molecule has 0 saturated carbocycles. The highest BCUT2D eigenvalue weighted by Gasteiger charge is 2.09. The zero-order chi connectivity index (χ0) is 14.8. The number of hydrogen-bond donors (Lipinski definition) is 1. The fourth-order valence-electron chi connectivity index (χ4n) is 1.55. The van der Waals surface area contributed by atoms with Crippen LogP contribution in [0, 0.1) is 0 Å². The predicted octanol–water partition coefficient (Wildman–Crippen LogP) is 2.74. The van der Waals surface area contributed by atoms with Crippen molar-refractivity contribution in [2.45, 2.75) is 0 Å². The minimum atomic E-state index is 0.0313. The van der Waals surface area contributed by atoms with Gasteiger partial charge in [0.1, 0.15) is 12.1 Å². The summed E-state index contributed by atoms with van der Waals surface area (Å²) in [6.07, 6.45) is 4.81. The summed E-state index contributed by atoms with van der Waals surface area (Å²) in [5, 5.41) is 0.796. The normalized spacial score (nSPS) is 10.6. The maximum absolute atomic E-state index is 5.92. The van der Waals surface area contributed by atoms with E-state index in [1.54, 1.807) is 35.2 Å². The first-order valence-corrected chi connectivity index (χ1v) is 6.50. The minimum Gasteiger partial charge on any atom is -0.424 e. The van der Waals surface area contributed by atoms with Gasteiger partial charge in [-0.15, -0.1) is 0 Å². The smallest absolute Gasteiger partial charge is 0.328 e. The number of rotatable bonds is 3. The third-order valence-corrected chi connectivity index (χ3v) is 3.19. The predicted molar refractivity (Wildman–Crippen MR) is 77.9 cm³/mol. The lowest BCUT2D eigenvalue weighted by Gasteiger charge is -2.07. The molecule has 3 aromatic rings. The van der Waals surface area contributed by atoms with Gasteiger partial charge in [-0.05, 0) is 12.1 Å². The van der Waals surface area contributed by atoms with Crippen molar-refractivity contribution in [1.82, 2.24) is 24.5 Å². The quantitative estimate of drug-likeness (QED) is 0.797. The highest BCUT2D eigenvalue weighted by molar-refractivity contribution is 6.42. The number of ether oxygens (including phenoxy) is 1. The summed E-state index contributed by atoms with van der Waals surface area (Å²) in [5.74, 6) is 0.769. The lowest BCUT2D eigenvalue weighted by Crippen LogP contribution is -2.06. The Labute approximate surface area is 129 Å². The summed E-state index contributed by atoms with van der Waals surface area (Å²) in [6, 6.07) is 4.86. The standard InChI is InChI=1S/C12H8Cl2N6O/c13-8-2-1-7(5-9(8)14)21-12-18-10(15)17-11(19-12)20-4-3-16-6-20/h1-6H,(H2,15,17,18,19). The van der Waals surface area contributed by atoms with Crippen LogP contribution in [0.25, 0.3) is 5.95 Å². The highest BCUT2D eigenvalue weighted by Crippen LogP contribution is 2.28. The zero-order valence-electron chi connectivity index (χ0n) is 10.4. The molecule has 2 N–H and O–H groups in total. The van der Waals surface area contributed by atoms with E-state index in [9.17, 15) is 0 Å². The van der Waals surface area contributed by atoms with Gasteiger partial charge in [0.2, 0.25) is 11.9 Å². The van der Waals surface area contributed by atoms with Gasteiger partial charge in [-0.2, -0.15) is 15.0 Å². The highest BCUT2D eigenvalue weighted by atomic mass is 35.5. The van der Waals surface area contributed by atoms with Crippen LogP contribution in [0.4, 0.5) is 5.95 Å². The van der Waals surface area contributed by atoms with E-state index in [0.29, 0.717) is 21.7 Å². The second-order valence-corrected chi connectivity index (χ2v) is 4.74. The molecule has 0 aliphatic rings. The van der Waals surface area contributed by atoms with E-state index in [4.69, 9.17) is 33.7 Å². The lowest BCUT2D eigenvalue weighted by atomic mass is 10.3. The van der Waals surface area contributed by atoms with Gasteiger partial charge in [-0.3, -0.25) is 4.57 Å². The number of hydrogen-bond acceptors (Lipinski definition) is 6. The van der Waals surface area contributed by atoms with Crippen LogP contribution in [-0.2, 0) is 0 Å². The van der Waals surface area contributed by atoms with Gasteiger partial charge in [0, 0.05) is 18.5 Å². The van der Waals surface area contributed by atoms with Crippen LogP contribution in [0.15, 0.2) is 36.9 Å².